The molecule has 1 saturated heterocycles. The first kappa shape index (κ1) is 14.2. The zero-order chi connectivity index (χ0) is 14.7. The van der Waals surface area contributed by atoms with E-state index in [9.17, 15) is 4.79 Å². The highest BCUT2D eigenvalue weighted by Crippen LogP contribution is 2.26. The maximum atomic E-state index is 10.9. The van der Waals surface area contributed by atoms with E-state index in [4.69, 9.17) is 9.84 Å². The molecule has 1 aliphatic heterocycles. The van der Waals surface area contributed by atoms with E-state index < -0.39 is 5.97 Å². The van der Waals surface area contributed by atoms with Crippen molar-refractivity contribution < 1.29 is 14.6 Å². The standard InChI is InChI=1S/C14H17N3O3S/c18-14(19)13-2-1-12(21-13)11-3-4-17(15-11)6-5-16-7-9-20-10-8-16/h1-4H,5-10H2,(H,18,19). The summed E-state index contributed by atoms with van der Waals surface area (Å²) in [5, 5.41) is 13.5. The van der Waals surface area contributed by atoms with Gasteiger partial charge in [-0.3, -0.25) is 9.58 Å². The van der Waals surface area contributed by atoms with Gasteiger partial charge < -0.3 is 9.84 Å². The lowest BCUT2D eigenvalue weighted by molar-refractivity contribution is 0.0360. The monoisotopic (exact) mass is 307 g/mol. The molecular formula is C14H17N3O3S. The van der Waals surface area contributed by atoms with Gasteiger partial charge in [0.25, 0.3) is 0 Å². The number of ether oxygens (including phenoxy) is 1. The zero-order valence-corrected chi connectivity index (χ0v) is 12.4. The molecule has 7 heteroatoms. The molecule has 0 radical (unpaired) electrons. The van der Waals surface area contributed by atoms with Crippen LogP contribution in [-0.4, -0.2) is 58.6 Å². The minimum absolute atomic E-state index is 0.341. The third kappa shape index (κ3) is 3.49. The van der Waals surface area contributed by atoms with E-state index in [1.165, 1.54) is 11.3 Å². The highest BCUT2D eigenvalue weighted by atomic mass is 32.1. The molecule has 1 N–H and O–H groups in total. The van der Waals surface area contributed by atoms with Crippen molar-refractivity contribution in [2.75, 3.05) is 32.8 Å². The van der Waals surface area contributed by atoms with Crippen molar-refractivity contribution in [3.8, 4) is 10.6 Å². The summed E-state index contributed by atoms with van der Waals surface area (Å²) in [6, 6.07) is 5.36. The quantitative estimate of drug-likeness (QED) is 0.909. The number of carboxylic acid groups (broad SMARTS) is 1. The Morgan fingerprint density at radius 1 is 1.29 bits per heavy atom. The SMILES string of the molecule is O=C(O)c1ccc(-c2ccn(CCN3CCOCC3)n2)s1. The van der Waals surface area contributed by atoms with Crippen molar-refractivity contribution in [1.82, 2.24) is 14.7 Å². The highest BCUT2D eigenvalue weighted by molar-refractivity contribution is 7.17. The van der Waals surface area contributed by atoms with Crippen LogP contribution in [0, 0.1) is 0 Å². The van der Waals surface area contributed by atoms with Gasteiger partial charge in [0, 0.05) is 25.8 Å². The Balaban J connectivity index is 1.61. The van der Waals surface area contributed by atoms with Crippen molar-refractivity contribution in [1.29, 1.82) is 0 Å². The van der Waals surface area contributed by atoms with Crippen LogP contribution in [0.25, 0.3) is 10.6 Å². The van der Waals surface area contributed by atoms with Gasteiger partial charge in [-0.1, -0.05) is 0 Å². The Bertz CT molecular complexity index is 617. The Morgan fingerprint density at radius 2 is 2.10 bits per heavy atom. The van der Waals surface area contributed by atoms with Crippen LogP contribution in [0.1, 0.15) is 9.67 Å². The van der Waals surface area contributed by atoms with Crippen molar-refractivity contribution in [2.45, 2.75) is 6.54 Å². The van der Waals surface area contributed by atoms with E-state index in [-0.39, 0.29) is 0 Å². The van der Waals surface area contributed by atoms with E-state index in [0.29, 0.717) is 4.88 Å². The van der Waals surface area contributed by atoms with E-state index in [2.05, 4.69) is 10.00 Å². The molecule has 1 aliphatic rings. The number of aromatic nitrogens is 2. The molecule has 21 heavy (non-hydrogen) atoms. The largest absolute Gasteiger partial charge is 0.477 e. The van der Waals surface area contributed by atoms with Gasteiger partial charge in [0.05, 0.1) is 24.6 Å². The highest BCUT2D eigenvalue weighted by Gasteiger charge is 2.12. The molecule has 2 aromatic heterocycles. The van der Waals surface area contributed by atoms with Gasteiger partial charge in [0.1, 0.15) is 10.6 Å². The molecule has 0 bridgehead atoms. The molecule has 0 saturated carbocycles. The molecular weight excluding hydrogens is 290 g/mol. The second kappa shape index (κ2) is 6.38. The molecule has 3 heterocycles. The van der Waals surface area contributed by atoms with Crippen molar-refractivity contribution >= 4 is 17.3 Å². The summed E-state index contributed by atoms with van der Waals surface area (Å²) in [6.45, 7) is 5.34. The van der Waals surface area contributed by atoms with E-state index >= 15 is 0 Å². The number of hydrogen-bond acceptors (Lipinski definition) is 5. The van der Waals surface area contributed by atoms with Gasteiger partial charge in [-0.05, 0) is 18.2 Å². The van der Waals surface area contributed by atoms with Crippen LogP contribution >= 0.6 is 11.3 Å². The lowest BCUT2D eigenvalue weighted by Crippen LogP contribution is -2.38. The van der Waals surface area contributed by atoms with E-state index in [1.54, 1.807) is 6.07 Å². The van der Waals surface area contributed by atoms with Crippen molar-refractivity contribution in [3.63, 3.8) is 0 Å². The smallest absolute Gasteiger partial charge is 0.345 e. The van der Waals surface area contributed by atoms with Gasteiger partial charge in [0.15, 0.2) is 0 Å². The molecule has 0 amide bonds. The van der Waals surface area contributed by atoms with Gasteiger partial charge in [-0.15, -0.1) is 11.3 Å². The van der Waals surface area contributed by atoms with Crippen LogP contribution in [0.3, 0.4) is 0 Å². The minimum Gasteiger partial charge on any atom is -0.477 e. The maximum Gasteiger partial charge on any atom is 0.345 e. The van der Waals surface area contributed by atoms with Crippen molar-refractivity contribution in [3.05, 3.63) is 29.3 Å². The molecule has 0 aliphatic carbocycles. The Hall–Kier alpha value is -1.70. The van der Waals surface area contributed by atoms with E-state index in [1.807, 2.05) is 23.0 Å². The summed E-state index contributed by atoms with van der Waals surface area (Å²) in [7, 11) is 0. The first-order valence-electron chi connectivity index (χ1n) is 6.89. The Morgan fingerprint density at radius 3 is 2.81 bits per heavy atom. The summed E-state index contributed by atoms with van der Waals surface area (Å²) >= 11 is 1.25. The summed E-state index contributed by atoms with van der Waals surface area (Å²) < 4.78 is 7.23. The molecule has 0 unspecified atom stereocenters. The first-order valence-corrected chi connectivity index (χ1v) is 7.71. The van der Waals surface area contributed by atoms with Crippen molar-refractivity contribution in [2.24, 2.45) is 0 Å². The third-order valence-electron chi connectivity index (χ3n) is 3.46. The Kier molecular flexibility index (Phi) is 4.33. The van der Waals surface area contributed by atoms with E-state index in [0.717, 1.165) is 50.0 Å². The summed E-state index contributed by atoms with van der Waals surface area (Å²) in [5.74, 6) is -0.891. The van der Waals surface area contributed by atoms with Gasteiger partial charge in [-0.25, -0.2) is 4.79 Å². The van der Waals surface area contributed by atoms with Crippen LogP contribution in [0.5, 0.6) is 0 Å². The number of nitrogens with zero attached hydrogens (tertiary/aromatic N) is 3. The number of morpholine rings is 1. The average molecular weight is 307 g/mol. The lowest BCUT2D eigenvalue weighted by Gasteiger charge is -2.26. The summed E-state index contributed by atoms with van der Waals surface area (Å²) in [5.41, 5.74) is 0.828. The summed E-state index contributed by atoms with van der Waals surface area (Å²) in [6.07, 6.45) is 1.94. The number of thiophene rings is 1. The topological polar surface area (TPSA) is 67.6 Å². The maximum absolute atomic E-state index is 10.9. The third-order valence-corrected chi connectivity index (χ3v) is 4.55. The number of hydrogen-bond donors (Lipinski definition) is 1. The summed E-state index contributed by atoms with van der Waals surface area (Å²) in [4.78, 5) is 14.5. The predicted molar refractivity (Wildman–Crippen MR) is 79.8 cm³/mol. The molecule has 1 fully saturated rings. The second-order valence-electron chi connectivity index (χ2n) is 4.89. The fourth-order valence-corrected chi connectivity index (χ4v) is 3.09. The number of rotatable bonds is 5. The van der Waals surface area contributed by atoms with Gasteiger partial charge in [-0.2, -0.15) is 5.10 Å². The fraction of sp³-hybridized carbons (Fsp3) is 0.429. The number of carboxylic acids is 1. The zero-order valence-electron chi connectivity index (χ0n) is 11.6. The molecule has 112 valence electrons. The molecule has 6 nitrogen and oxygen atoms in total. The number of aromatic carboxylic acids is 1. The van der Waals surface area contributed by atoms with Crippen LogP contribution in [-0.2, 0) is 11.3 Å². The van der Waals surface area contributed by atoms with Crippen LogP contribution in [0.4, 0.5) is 0 Å². The lowest BCUT2D eigenvalue weighted by atomic mass is 10.3. The number of carbonyl (C=O) groups is 1. The van der Waals surface area contributed by atoms with Crippen LogP contribution < -0.4 is 0 Å². The molecule has 3 rings (SSSR count). The molecule has 0 atom stereocenters. The second-order valence-corrected chi connectivity index (χ2v) is 5.97. The molecule has 2 aromatic rings. The van der Waals surface area contributed by atoms with Crippen LogP contribution in [0.15, 0.2) is 24.4 Å². The van der Waals surface area contributed by atoms with Gasteiger partial charge in [0.2, 0.25) is 0 Å². The average Bonchev–Trinajstić information content (AvgIpc) is 3.15. The van der Waals surface area contributed by atoms with Crippen LogP contribution in [0.2, 0.25) is 0 Å². The molecule has 0 spiro atoms. The predicted octanol–water partition coefficient (Wildman–Crippen LogP) is 1.64. The Labute approximate surface area is 126 Å². The first-order chi connectivity index (χ1) is 10.2. The van der Waals surface area contributed by atoms with Gasteiger partial charge >= 0.3 is 5.97 Å². The molecule has 0 aromatic carbocycles. The fourth-order valence-electron chi connectivity index (χ4n) is 2.28. The normalized spacial score (nSPS) is 16.2. The minimum atomic E-state index is -0.891.